The Kier molecular flexibility index (Phi) is 6.38. The van der Waals surface area contributed by atoms with E-state index in [0.29, 0.717) is 12.8 Å². The molecule has 0 fully saturated rings. The summed E-state index contributed by atoms with van der Waals surface area (Å²) in [5, 5.41) is 0.736. The molecule has 0 aromatic heterocycles. The number of ether oxygens (including phenoxy) is 1. The van der Waals surface area contributed by atoms with Gasteiger partial charge in [-0.2, -0.15) is 8.78 Å². The zero-order valence-electron chi connectivity index (χ0n) is 10.1. The van der Waals surface area contributed by atoms with E-state index in [1.54, 1.807) is 0 Å². The molecule has 1 rings (SSSR count). The monoisotopic (exact) mass is 360 g/mol. The second-order valence-corrected chi connectivity index (χ2v) is 4.67. The van der Waals surface area contributed by atoms with Gasteiger partial charge in [0.15, 0.2) is 0 Å². The quantitative estimate of drug-likeness (QED) is 0.144. The molecule has 0 heterocycles. The first-order valence-corrected chi connectivity index (χ1v) is 6.80. The fraction of sp³-hybridized carbons (Fsp3) is 0.417. The number of esters is 1. The van der Waals surface area contributed by atoms with Crippen LogP contribution in [0.1, 0.15) is 25.7 Å². The first kappa shape index (κ1) is 16.9. The summed E-state index contributed by atoms with van der Waals surface area (Å²) >= 11 is 3.18. The third-order valence-corrected chi connectivity index (χ3v) is 2.96. The van der Waals surface area contributed by atoms with Crippen molar-refractivity contribution < 1.29 is 31.5 Å². The van der Waals surface area contributed by atoms with E-state index in [2.05, 4.69) is 20.7 Å². The SMILES string of the molecule is O=C(CCCCCBr)Oc1c(F)c(F)c(F)c(F)c1F. The van der Waals surface area contributed by atoms with Crippen LogP contribution in [0, 0.1) is 29.1 Å². The van der Waals surface area contributed by atoms with E-state index in [9.17, 15) is 26.7 Å². The number of hydrogen-bond acceptors (Lipinski definition) is 2. The summed E-state index contributed by atoms with van der Waals surface area (Å²) < 4.78 is 69.1. The van der Waals surface area contributed by atoms with Crippen LogP contribution in [-0.4, -0.2) is 11.3 Å². The van der Waals surface area contributed by atoms with Crippen LogP contribution in [0.2, 0.25) is 0 Å². The van der Waals surface area contributed by atoms with Gasteiger partial charge in [0.2, 0.25) is 34.8 Å². The molecule has 20 heavy (non-hydrogen) atoms. The Labute approximate surface area is 120 Å². The molecule has 0 spiro atoms. The van der Waals surface area contributed by atoms with Crippen molar-refractivity contribution in [3.05, 3.63) is 29.1 Å². The molecule has 8 heteroatoms. The van der Waals surface area contributed by atoms with Crippen molar-refractivity contribution in [2.45, 2.75) is 25.7 Å². The maximum atomic E-state index is 13.2. The van der Waals surface area contributed by atoms with Crippen molar-refractivity contribution in [3.8, 4) is 5.75 Å². The van der Waals surface area contributed by atoms with Gasteiger partial charge in [-0.3, -0.25) is 4.79 Å². The third-order valence-electron chi connectivity index (χ3n) is 2.40. The second kappa shape index (κ2) is 7.56. The van der Waals surface area contributed by atoms with Crippen LogP contribution in [0.5, 0.6) is 5.75 Å². The number of halogens is 6. The van der Waals surface area contributed by atoms with E-state index in [1.165, 1.54) is 0 Å². The maximum absolute atomic E-state index is 13.2. The molecule has 0 aliphatic heterocycles. The summed E-state index contributed by atoms with van der Waals surface area (Å²) in [6.45, 7) is 0. The largest absolute Gasteiger partial charge is 0.420 e. The molecule has 0 saturated heterocycles. The number of rotatable bonds is 6. The number of carbonyl (C=O) groups is 1. The van der Waals surface area contributed by atoms with Crippen molar-refractivity contribution >= 4 is 21.9 Å². The minimum atomic E-state index is -2.29. The highest BCUT2D eigenvalue weighted by atomic mass is 79.9. The van der Waals surface area contributed by atoms with Gasteiger partial charge in [-0.15, -0.1) is 0 Å². The smallest absolute Gasteiger partial charge is 0.311 e. The topological polar surface area (TPSA) is 26.3 Å². The average molecular weight is 361 g/mol. The van der Waals surface area contributed by atoms with Gasteiger partial charge in [-0.25, -0.2) is 13.2 Å². The van der Waals surface area contributed by atoms with Crippen LogP contribution < -0.4 is 4.74 Å². The molecule has 0 atom stereocenters. The highest BCUT2D eigenvalue weighted by Crippen LogP contribution is 2.29. The van der Waals surface area contributed by atoms with Crippen molar-refractivity contribution in [3.63, 3.8) is 0 Å². The van der Waals surface area contributed by atoms with Crippen LogP contribution in [0.4, 0.5) is 22.0 Å². The molecule has 0 bridgehead atoms. The molecular formula is C12H10BrF5O2. The molecule has 0 radical (unpaired) electrons. The lowest BCUT2D eigenvalue weighted by Crippen LogP contribution is -2.13. The van der Waals surface area contributed by atoms with E-state index in [0.717, 1.165) is 11.8 Å². The van der Waals surface area contributed by atoms with Crippen molar-refractivity contribution in [1.82, 2.24) is 0 Å². The van der Waals surface area contributed by atoms with Crippen molar-refractivity contribution in [2.24, 2.45) is 0 Å². The molecule has 0 aliphatic carbocycles. The van der Waals surface area contributed by atoms with Gasteiger partial charge < -0.3 is 4.74 Å². The maximum Gasteiger partial charge on any atom is 0.311 e. The fourth-order valence-electron chi connectivity index (χ4n) is 1.38. The van der Waals surface area contributed by atoms with E-state index in [-0.39, 0.29) is 6.42 Å². The van der Waals surface area contributed by atoms with Crippen LogP contribution in [0.3, 0.4) is 0 Å². The van der Waals surface area contributed by atoms with Gasteiger partial charge in [0, 0.05) is 11.8 Å². The lowest BCUT2D eigenvalue weighted by Gasteiger charge is -2.08. The van der Waals surface area contributed by atoms with E-state index >= 15 is 0 Å². The third kappa shape index (κ3) is 3.91. The van der Waals surface area contributed by atoms with E-state index in [4.69, 9.17) is 0 Å². The number of benzene rings is 1. The Morgan fingerprint density at radius 2 is 1.35 bits per heavy atom. The number of carbonyl (C=O) groups excluding carboxylic acids is 1. The highest BCUT2D eigenvalue weighted by molar-refractivity contribution is 9.09. The highest BCUT2D eigenvalue weighted by Gasteiger charge is 2.28. The van der Waals surface area contributed by atoms with Crippen LogP contribution in [0.15, 0.2) is 0 Å². The standard InChI is InChI=1S/C12H10BrF5O2/c13-5-3-1-2-4-6(19)20-12-10(17)8(15)7(14)9(16)11(12)18/h1-5H2. The van der Waals surface area contributed by atoms with Crippen LogP contribution in [0.25, 0.3) is 0 Å². The summed E-state index contributed by atoms with van der Waals surface area (Å²) in [6, 6.07) is 0. The Bertz CT molecular complexity index is 478. The van der Waals surface area contributed by atoms with Gasteiger partial charge >= 0.3 is 5.97 Å². The Morgan fingerprint density at radius 3 is 1.85 bits per heavy atom. The summed E-state index contributed by atoms with van der Waals surface area (Å²) in [6.07, 6.45) is 1.67. The molecular weight excluding hydrogens is 351 g/mol. The molecule has 0 saturated carbocycles. The number of alkyl halides is 1. The molecule has 0 aliphatic rings. The van der Waals surface area contributed by atoms with Crippen LogP contribution in [-0.2, 0) is 4.79 Å². The summed E-state index contributed by atoms with van der Waals surface area (Å²) in [7, 11) is 0. The van der Waals surface area contributed by atoms with Crippen molar-refractivity contribution in [2.75, 3.05) is 5.33 Å². The summed E-state index contributed by atoms with van der Waals surface area (Å²) in [5.41, 5.74) is 0. The fourth-order valence-corrected chi connectivity index (χ4v) is 1.78. The molecule has 1 aromatic rings. The zero-order chi connectivity index (χ0) is 15.3. The number of hydrogen-bond donors (Lipinski definition) is 0. The van der Waals surface area contributed by atoms with Gasteiger partial charge in [-0.1, -0.05) is 22.4 Å². The van der Waals surface area contributed by atoms with Gasteiger partial charge in [0.05, 0.1) is 0 Å². The Morgan fingerprint density at radius 1 is 0.850 bits per heavy atom. The van der Waals surface area contributed by atoms with Gasteiger partial charge in [0.1, 0.15) is 0 Å². The minimum absolute atomic E-state index is 0.174. The first-order chi connectivity index (χ1) is 9.40. The van der Waals surface area contributed by atoms with E-state index in [1.807, 2.05) is 0 Å². The Hall–Kier alpha value is -1.18. The molecule has 1 aromatic carbocycles. The normalized spacial score (nSPS) is 10.7. The molecule has 112 valence electrons. The van der Waals surface area contributed by atoms with Gasteiger partial charge in [-0.05, 0) is 12.8 Å². The Balaban J connectivity index is 2.80. The summed E-state index contributed by atoms with van der Waals surface area (Å²) in [5.74, 6) is -13.5. The predicted octanol–water partition coefficient (Wildman–Crippen LogP) is 4.24. The minimum Gasteiger partial charge on any atom is -0.420 e. The summed E-state index contributed by atoms with van der Waals surface area (Å²) in [4.78, 5) is 11.3. The predicted molar refractivity (Wildman–Crippen MR) is 64.1 cm³/mol. The molecule has 0 amide bonds. The number of unbranched alkanes of at least 4 members (excludes halogenated alkanes) is 2. The molecule has 0 unspecified atom stereocenters. The molecule has 0 N–H and O–H groups in total. The lowest BCUT2D eigenvalue weighted by molar-refractivity contribution is -0.135. The van der Waals surface area contributed by atoms with Gasteiger partial charge in [0.25, 0.3) is 0 Å². The zero-order valence-corrected chi connectivity index (χ0v) is 11.7. The van der Waals surface area contributed by atoms with Crippen molar-refractivity contribution in [1.29, 1.82) is 0 Å². The second-order valence-electron chi connectivity index (χ2n) is 3.87. The van der Waals surface area contributed by atoms with Crippen LogP contribution >= 0.6 is 15.9 Å². The average Bonchev–Trinajstić information content (AvgIpc) is 2.44. The van der Waals surface area contributed by atoms with E-state index < -0.39 is 40.8 Å². The molecule has 2 nitrogen and oxygen atoms in total. The lowest BCUT2D eigenvalue weighted by atomic mass is 10.2. The first-order valence-electron chi connectivity index (χ1n) is 5.68.